The number of aromatic amines is 1. The van der Waals surface area contributed by atoms with Gasteiger partial charge >= 0.3 is 6.03 Å². The van der Waals surface area contributed by atoms with Crippen molar-refractivity contribution in [1.82, 2.24) is 20.4 Å². The molecule has 6 nitrogen and oxygen atoms in total. The molecule has 2 heterocycles. The van der Waals surface area contributed by atoms with Gasteiger partial charge < -0.3 is 15.0 Å². The molecule has 2 aromatic rings. The molecule has 0 spiro atoms. The Hall–Kier alpha value is -2.34. The van der Waals surface area contributed by atoms with Gasteiger partial charge in [0, 0.05) is 30.9 Å². The highest BCUT2D eigenvalue weighted by Gasteiger charge is 2.37. The molecule has 1 saturated heterocycles. The summed E-state index contributed by atoms with van der Waals surface area (Å²) >= 11 is 0. The number of nitrogens with one attached hydrogen (secondary N) is 2. The van der Waals surface area contributed by atoms with Crippen LogP contribution in [0.1, 0.15) is 68.5 Å². The van der Waals surface area contributed by atoms with E-state index >= 15 is 0 Å². The fourth-order valence-electron chi connectivity index (χ4n) is 5.13. The van der Waals surface area contributed by atoms with Crippen molar-refractivity contribution in [3.8, 4) is 0 Å². The van der Waals surface area contributed by atoms with Crippen LogP contribution in [0.25, 0.3) is 0 Å². The number of H-pyrrole nitrogens is 1. The second-order valence-corrected chi connectivity index (χ2v) is 8.57. The fourth-order valence-corrected chi connectivity index (χ4v) is 5.13. The van der Waals surface area contributed by atoms with Gasteiger partial charge in [0.15, 0.2) is 0 Å². The number of carbonyl (C=O) groups is 1. The van der Waals surface area contributed by atoms with Gasteiger partial charge in [0.05, 0.1) is 18.8 Å². The van der Waals surface area contributed by atoms with E-state index in [0.29, 0.717) is 19.1 Å². The maximum Gasteiger partial charge on any atom is 0.317 e. The molecule has 1 aromatic heterocycles. The van der Waals surface area contributed by atoms with Crippen molar-refractivity contribution >= 4 is 6.03 Å². The number of aromatic nitrogens is 2. The van der Waals surface area contributed by atoms with Crippen molar-refractivity contribution in [1.29, 1.82) is 0 Å². The number of rotatable bonds is 6. The Kier molecular flexibility index (Phi) is 7.05. The zero-order valence-electron chi connectivity index (χ0n) is 17.9. The smallest absolute Gasteiger partial charge is 0.317 e. The minimum Gasteiger partial charge on any atom is -0.376 e. The number of carbonyl (C=O) groups excluding carboxylic acids is 1. The molecule has 2 amide bonds. The lowest BCUT2D eigenvalue weighted by molar-refractivity contribution is -0.0170. The van der Waals surface area contributed by atoms with E-state index in [-0.39, 0.29) is 24.1 Å². The molecule has 6 heteroatoms. The molecule has 0 bridgehead atoms. The van der Waals surface area contributed by atoms with Gasteiger partial charge in [0.2, 0.25) is 0 Å². The van der Waals surface area contributed by atoms with Crippen LogP contribution in [0.4, 0.5) is 4.79 Å². The first-order valence-electron chi connectivity index (χ1n) is 11.5. The van der Waals surface area contributed by atoms with Crippen molar-refractivity contribution in [3.63, 3.8) is 0 Å². The zero-order valence-corrected chi connectivity index (χ0v) is 17.9. The summed E-state index contributed by atoms with van der Waals surface area (Å²) in [5.74, 6) is 0.884. The second kappa shape index (κ2) is 10.1. The highest BCUT2D eigenvalue weighted by atomic mass is 16.5. The van der Waals surface area contributed by atoms with Gasteiger partial charge in [-0.3, -0.25) is 5.10 Å². The summed E-state index contributed by atoms with van der Waals surface area (Å²) < 4.78 is 6.44. The van der Waals surface area contributed by atoms with E-state index in [1.165, 1.54) is 18.4 Å². The quantitative estimate of drug-likeness (QED) is 0.740. The zero-order chi connectivity index (χ0) is 20.8. The van der Waals surface area contributed by atoms with E-state index in [1.807, 2.05) is 17.9 Å². The minimum absolute atomic E-state index is 0.0168. The van der Waals surface area contributed by atoms with Gasteiger partial charge in [-0.2, -0.15) is 5.10 Å². The predicted octanol–water partition coefficient (Wildman–Crippen LogP) is 4.43. The normalized spacial score (nSPS) is 27.0. The van der Waals surface area contributed by atoms with Crippen LogP contribution in [0.3, 0.4) is 0 Å². The topological polar surface area (TPSA) is 70.2 Å². The van der Waals surface area contributed by atoms with Gasteiger partial charge in [-0.15, -0.1) is 0 Å². The van der Waals surface area contributed by atoms with Crippen LogP contribution in [0.15, 0.2) is 42.6 Å². The summed E-state index contributed by atoms with van der Waals surface area (Å²) in [7, 11) is 0. The van der Waals surface area contributed by atoms with Crippen LogP contribution in [0, 0.1) is 0 Å². The summed E-state index contributed by atoms with van der Waals surface area (Å²) in [6, 6.07) is 12.9. The Bertz CT molecular complexity index is 772. The summed E-state index contributed by atoms with van der Waals surface area (Å²) in [5.41, 5.74) is 2.55. The predicted molar refractivity (Wildman–Crippen MR) is 118 cm³/mol. The number of hydrogen-bond acceptors (Lipinski definition) is 3. The number of nitrogens with zero attached hydrogens (tertiary/aromatic N) is 2. The van der Waals surface area contributed by atoms with Crippen LogP contribution in [0.5, 0.6) is 0 Å². The Morgan fingerprint density at radius 3 is 2.67 bits per heavy atom. The Morgan fingerprint density at radius 2 is 1.97 bits per heavy atom. The number of ether oxygens (including phenoxy) is 1. The third-order valence-corrected chi connectivity index (χ3v) is 6.74. The SMILES string of the molecule is CCNC(=O)N1CCCC(c2ccn[nH]2)[C@@H]1COC1CCC(c2ccccc2)CC1. The van der Waals surface area contributed by atoms with Gasteiger partial charge in [-0.1, -0.05) is 30.3 Å². The first-order valence-corrected chi connectivity index (χ1v) is 11.5. The number of amides is 2. The van der Waals surface area contributed by atoms with Crippen LogP contribution in [0.2, 0.25) is 0 Å². The largest absolute Gasteiger partial charge is 0.376 e. The van der Waals surface area contributed by atoms with E-state index in [2.05, 4.69) is 45.8 Å². The van der Waals surface area contributed by atoms with Crippen molar-refractivity contribution in [3.05, 3.63) is 53.9 Å². The first kappa shape index (κ1) is 20.9. The van der Waals surface area contributed by atoms with Crippen molar-refractivity contribution < 1.29 is 9.53 Å². The Labute approximate surface area is 179 Å². The second-order valence-electron chi connectivity index (χ2n) is 8.57. The Morgan fingerprint density at radius 1 is 1.17 bits per heavy atom. The summed E-state index contributed by atoms with van der Waals surface area (Å²) in [6.45, 7) is 3.97. The van der Waals surface area contributed by atoms with E-state index in [4.69, 9.17) is 4.74 Å². The number of urea groups is 1. The van der Waals surface area contributed by atoms with Gasteiger partial charge in [-0.25, -0.2) is 4.79 Å². The molecule has 1 aliphatic carbocycles. The molecule has 162 valence electrons. The van der Waals surface area contributed by atoms with Crippen LogP contribution in [-0.4, -0.2) is 53.0 Å². The summed E-state index contributed by atoms with van der Waals surface area (Å²) in [6.07, 6.45) is 8.64. The molecule has 2 fully saturated rings. The molecule has 0 radical (unpaired) electrons. The number of piperidine rings is 1. The highest BCUT2D eigenvalue weighted by Crippen LogP contribution is 2.36. The lowest BCUT2D eigenvalue weighted by Crippen LogP contribution is -2.53. The molecular weight excluding hydrogens is 376 g/mol. The third-order valence-electron chi connectivity index (χ3n) is 6.74. The summed E-state index contributed by atoms with van der Waals surface area (Å²) in [5, 5.41) is 10.2. The monoisotopic (exact) mass is 410 g/mol. The van der Waals surface area contributed by atoms with Crippen molar-refractivity contribution in [2.45, 2.75) is 69.4 Å². The highest BCUT2D eigenvalue weighted by molar-refractivity contribution is 5.74. The maximum absolute atomic E-state index is 12.7. The molecule has 2 atom stereocenters. The molecular formula is C24H34N4O2. The lowest BCUT2D eigenvalue weighted by atomic mass is 9.82. The number of likely N-dealkylation sites (tertiary alicyclic amines) is 1. The fraction of sp³-hybridized carbons (Fsp3) is 0.583. The van der Waals surface area contributed by atoms with E-state index < -0.39 is 0 Å². The van der Waals surface area contributed by atoms with Gasteiger partial charge in [0.1, 0.15) is 0 Å². The molecule has 4 rings (SSSR count). The third kappa shape index (κ3) is 4.86. The Balaban J connectivity index is 1.38. The molecule has 2 N–H and O–H groups in total. The lowest BCUT2D eigenvalue weighted by Gasteiger charge is -2.41. The molecule has 1 saturated carbocycles. The molecule has 1 aliphatic heterocycles. The number of hydrogen-bond donors (Lipinski definition) is 2. The molecule has 30 heavy (non-hydrogen) atoms. The average Bonchev–Trinajstić information content (AvgIpc) is 3.33. The van der Waals surface area contributed by atoms with E-state index in [1.54, 1.807) is 6.20 Å². The van der Waals surface area contributed by atoms with Crippen LogP contribution < -0.4 is 5.32 Å². The summed E-state index contributed by atoms with van der Waals surface area (Å²) in [4.78, 5) is 14.7. The first-order chi connectivity index (χ1) is 14.8. The maximum atomic E-state index is 12.7. The molecule has 1 unspecified atom stereocenters. The van der Waals surface area contributed by atoms with Crippen molar-refractivity contribution in [2.24, 2.45) is 0 Å². The average molecular weight is 411 g/mol. The van der Waals surface area contributed by atoms with E-state index in [0.717, 1.165) is 37.9 Å². The van der Waals surface area contributed by atoms with Gasteiger partial charge in [-0.05, 0) is 63.0 Å². The number of benzene rings is 1. The molecule has 2 aliphatic rings. The van der Waals surface area contributed by atoms with Crippen molar-refractivity contribution in [2.75, 3.05) is 19.7 Å². The van der Waals surface area contributed by atoms with Crippen LogP contribution >= 0.6 is 0 Å². The van der Waals surface area contributed by atoms with Gasteiger partial charge in [0.25, 0.3) is 0 Å². The minimum atomic E-state index is 0.0168. The van der Waals surface area contributed by atoms with Crippen LogP contribution in [-0.2, 0) is 4.74 Å². The molecule has 1 aromatic carbocycles. The standard InChI is InChI=1S/C24H34N4O2/c1-2-25-24(29)28-16-6-9-21(22-14-15-26-27-22)23(28)17-30-20-12-10-19(11-13-20)18-7-4-3-5-8-18/h3-5,7-8,14-15,19-21,23H,2,6,9-13,16-17H2,1H3,(H,25,29)(H,26,27)/t19?,20?,21?,23-/m0/s1. The van der Waals surface area contributed by atoms with E-state index in [9.17, 15) is 4.79 Å².